The Labute approximate surface area is 279 Å². The van der Waals surface area contributed by atoms with Crippen molar-refractivity contribution in [1.82, 2.24) is 26.1 Å². The maximum absolute atomic E-state index is 13.4. The highest BCUT2D eigenvalue weighted by atomic mass is 35.6. The van der Waals surface area contributed by atoms with Crippen molar-refractivity contribution in [2.24, 2.45) is 11.3 Å². The van der Waals surface area contributed by atoms with E-state index in [-0.39, 0.29) is 5.92 Å². The van der Waals surface area contributed by atoms with Gasteiger partial charge in [0, 0.05) is 23.0 Å². The molecular formula is C32H42Cl3N5O5. The molecule has 0 bridgehead atoms. The van der Waals surface area contributed by atoms with E-state index in [1.807, 2.05) is 50.3 Å². The maximum Gasteiger partial charge on any atom is 0.325 e. The Hall–Kier alpha value is -2.47. The van der Waals surface area contributed by atoms with E-state index in [2.05, 4.69) is 29.0 Å². The van der Waals surface area contributed by atoms with Gasteiger partial charge in [0.2, 0.25) is 9.70 Å². The number of nitrogens with zero attached hydrogens (tertiary/aromatic N) is 2. The van der Waals surface area contributed by atoms with Crippen LogP contribution in [-0.4, -0.2) is 74.2 Å². The van der Waals surface area contributed by atoms with Crippen molar-refractivity contribution in [2.75, 3.05) is 13.2 Å². The summed E-state index contributed by atoms with van der Waals surface area (Å²) in [5, 5.41) is 19.5. The number of nitrogens with one attached hydrogen (secondary N) is 3. The molecule has 4 N–H and O–H groups in total. The summed E-state index contributed by atoms with van der Waals surface area (Å²) in [6.45, 7) is 7.33. The first-order chi connectivity index (χ1) is 21.2. The first-order valence-corrected chi connectivity index (χ1v) is 16.5. The van der Waals surface area contributed by atoms with Gasteiger partial charge in [-0.3, -0.25) is 29.7 Å². The van der Waals surface area contributed by atoms with Gasteiger partial charge in [-0.25, -0.2) is 5.43 Å². The van der Waals surface area contributed by atoms with Crippen LogP contribution in [0.4, 0.5) is 0 Å². The van der Waals surface area contributed by atoms with Crippen LogP contribution in [-0.2, 0) is 25.5 Å². The Bertz CT molecular complexity index is 1410. The Morgan fingerprint density at radius 1 is 1.20 bits per heavy atom. The molecule has 1 aromatic carbocycles. The van der Waals surface area contributed by atoms with E-state index >= 15 is 0 Å². The highest BCUT2D eigenvalue weighted by Crippen LogP contribution is 2.50. The van der Waals surface area contributed by atoms with Gasteiger partial charge in [-0.2, -0.15) is 0 Å². The number of pyridine rings is 1. The second kappa shape index (κ2) is 15.0. The van der Waals surface area contributed by atoms with E-state index in [0.717, 1.165) is 41.4 Å². The number of ether oxygens (including phenoxy) is 1. The number of benzene rings is 1. The van der Waals surface area contributed by atoms with Crippen LogP contribution in [0, 0.1) is 11.3 Å². The molecule has 2 amide bonds. The topological polar surface area (TPSA) is 133 Å². The number of aliphatic hydroxyl groups is 1. The molecule has 4 atom stereocenters. The van der Waals surface area contributed by atoms with Crippen molar-refractivity contribution in [3.05, 3.63) is 47.7 Å². The number of amides is 2. The summed E-state index contributed by atoms with van der Waals surface area (Å²) in [7, 11) is 0. The molecule has 10 nitrogen and oxygen atoms in total. The molecule has 2 aromatic rings. The highest BCUT2D eigenvalue weighted by molar-refractivity contribution is 6.67. The summed E-state index contributed by atoms with van der Waals surface area (Å²) in [4.78, 5) is 43.7. The second-order valence-electron chi connectivity index (χ2n) is 12.2. The number of hydrogen-bond acceptors (Lipinski definition) is 8. The zero-order valence-corrected chi connectivity index (χ0v) is 28.3. The SMILES string of the molecule is CCc1ccc2ccc(/C=C/C3(C(O)N[C@H](C(=O)N[C@@H](C)C(=O)N4CCC[C@@H](C(=O)OCC(Cl)(Cl)Cl)N4)C(C)C)CC3)cc2n1. The number of carbonyl (C=O) groups excluding carboxylic acids is 3. The van der Waals surface area contributed by atoms with Crippen LogP contribution in [0.15, 0.2) is 36.4 Å². The third kappa shape index (κ3) is 9.53. The molecule has 0 radical (unpaired) electrons. The Kier molecular flexibility index (Phi) is 11.8. The molecule has 2 fully saturated rings. The van der Waals surface area contributed by atoms with Crippen LogP contribution < -0.4 is 16.1 Å². The predicted molar refractivity (Wildman–Crippen MR) is 176 cm³/mol. The monoisotopic (exact) mass is 681 g/mol. The van der Waals surface area contributed by atoms with E-state index in [1.165, 1.54) is 5.01 Å². The van der Waals surface area contributed by atoms with Gasteiger partial charge < -0.3 is 15.2 Å². The fourth-order valence-corrected chi connectivity index (χ4v) is 5.45. The highest BCUT2D eigenvalue weighted by Gasteiger charge is 2.48. The lowest BCUT2D eigenvalue weighted by Crippen LogP contribution is -2.61. The van der Waals surface area contributed by atoms with Gasteiger partial charge in [0.25, 0.3) is 5.91 Å². The van der Waals surface area contributed by atoms with Gasteiger partial charge in [-0.05, 0) is 62.6 Å². The lowest BCUT2D eigenvalue weighted by molar-refractivity contribution is -0.153. The third-order valence-corrected chi connectivity index (χ3v) is 8.57. The largest absolute Gasteiger partial charge is 0.460 e. The van der Waals surface area contributed by atoms with Crippen molar-refractivity contribution in [3.8, 4) is 0 Å². The average Bonchev–Trinajstić information content (AvgIpc) is 3.81. The van der Waals surface area contributed by atoms with Crippen molar-refractivity contribution < 1.29 is 24.2 Å². The number of hydrogen-bond donors (Lipinski definition) is 4. The number of alkyl halides is 3. The Balaban J connectivity index is 1.34. The number of fused-ring (bicyclic) bond motifs is 1. The van der Waals surface area contributed by atoms with Crippen molar-refractivity contribution in [1.29, 1.82) is 0 Å². The van der Waals surface area contributed by atoms with Crippen LogP contribution in [0.3, 0.4) is 0 Å². The van der Waals surface area contributed by atoms with Crippen LogP contribution in [0.5, 0.6) is 0 Å². The standard InChI is InChI=1S/C32H42Cl3N5O5/c1-5-23-11-10-22-9-8-21(17-25(22)37-23)12-13-31(14-15-31)30(44)38-26(19(2)3)27(41)36-20(4)28(42)40-16-6-7-24(39-40)29(43)45-18-32(33,34)35/h8-13,17,19-20,24,26,30,38-39,44H,5-7,14-16,18H2,1-4H3,(H,36,41)/b13-12+/t20-,24-,26-,30?/m0/s1. The number of aromatic nitrogens is 1. The van der Waals surface area contributed by atoms with Crippen LogP contribution in [0.25, 0.3) is 17.0 Å². The van der Waals surface area contributed by atoms with Gasteiger partial charge in [0.1, 0.15) is 24.9 Å². The molecule has 246 valence electrons. The molecule has 1 aliphatic heterocycles. The fourth-order valence-electron chi connectivity index (χ4n) is 5.29. The minimum atomic E-state index is -1.74. The number of halogens is 3. The van der Waals surface area contributed by atoms with E-state index in [1.54, 1.807) is 6.92 Å². The Morgan fingerprint density at radius 3 is 2.56 bits per heavy atom. The lowest BCUT2D eigenvalue weighted by atomic mass is 9.98. The molecule has 0 spiro atoms. The first-order valence-electron chi connectivity index (χ1n) is 15.4. The molecule has 13 heteroatoms. The molecule has 1 aromatic heterocycles. The number of carbonyl (C=O) groups is 3. The molecular weight excluding hydrogens is 641 g/mol. The summed E-state index contributed by atoms with van der Waals surface area (Å²) < 4.78 is 3.31. The summed E-state index contributed by atoms with van der Waals surface area (Å²) in [5.74, 6) is -1.64. The summed E-state index contributed by atoms with van der Waals surface area (Å²) in [6.07, 6.45) is 6.43. The Morgan fingerprint density at radius 2 is 1.91 bits per heavy atom. The quantitative estimate of drug-likeness (QED) is 0.147. The minimum Gasteiger partial charge on any atom is -0.460 e. The first kappa shape index (κ1) is 35.4. The number of esters is 1. The van der Waals surface area contributed by atoms with Gasteiger partial charge >= 0.3 is 5.97 Å². The molecule has 2 aliphatic rings. The minimum absolute atomic E-state index is 0.175. The number of hydrazine groups is 1. The normalized spacial score (nSPS) is 20.2. The zero-order chi connectivity index (χ0) is 32.9. The second-order valence-corrected chi connectivity index (χ2v) is 14.7. The molecule has 2 heterocycles. The fraction of sp³-hybridized carbons (Fsp3) is 0.562. The molecule has 1 saturated heterocycles. The molecule has 4 rings (SSSR count). The van der Waals surface area contributed by atoms with Crippen LogP contribution >= 0.6 is 34.8 Å². The molecule has 45 heavy (non-hydrogen) atoms. The third-order valence-electron chi connectivity index (χ3n) is 8.25. The van der Waals surface area contributed by atoms with Crippen LogP contribution in [0.2, 0.25) is 0 Å². The average molecular weight is 683 g/mol. The van der Waals surface area contributed by atoms with E-state index in [0.29, 0.717) is 19.4 Å². The lowest BCUT2D eigenvalue weighted by Gasteiger charge is -2.35. The predicted octanol–water partition coefficient (Wildman–Crippen LogP) is 4.44. The van der Waals surface area contributed by atoms with E-state index in [4.69, 9.17) is 44.5 Å². The number of rotatable bonds is 12. The van der Waals surface area contributed by atoms with E-state index < -0.39 is 58.0 Å². The molecule has 1 aliphatic carbocycles. The van der Waals surface area contributed by atoms with Crippen molar-refractivity contribution >= 4 is 69.6 Å². The number of aryl methyl sites for hydroxylation is 1. The van der Waals surface area contributed by atoms with Gasteiger partial charge in [0.05, 0.1) is 11.6 Å². The summed E-state index contributed by atoms with van der Waals surface area (Å²) >= 11 is 17.0. The van der Waals surface area contributed by atoms with Gasteiger partial charge in [-0.15, -0.1) is 0 Å². The van der Waals surface area contributed by atoms with Gasteiger partial charge in [-0.1, -0.05) is 85.9 Å². The van der Waals surface area contributed by atoms with E-state index in [9.17, 15) is 19.5 Å². The molecule has 1 unspecified atom stereocenters. The maximum atomic E-state index is 13.4. The number of aliphatic hydroxyl groups excluding tert-OH is 1. The molecule has 1 saturated carbocycles. The summed E-state index contributed by atoms with van der Waals surface area (Å²) in [5.41, 5.74) is 5.30. The van der Waals surface area contributed by atoms with Crippen molar-refractivity contribution in [2.45, 2.75) is 87.9 Å². The van der Waals surface area contributed by atoms with Gasteiger partial charge in [0.15, 0.2) is 0 Å². The summed E-state index contributed by atoms with van der Waals surface area (Å²) in [6, 6.07) is 7.77. The zero-order valence-electron chi connectivity index (χ0n) is 26.0. The van der Waals surface area contributed by atoms with Crippen molar-refractivity contribution in [3.63, 3.8) is 0 Å². The smallest absolute Gasteiger partial charge is 0.325 e. The van der Waals surface area contributed by atoms with Crippen LogP contribution in [0.1, 0.15) is 64.6 Å².